The molecule has 130 valence electrons. The summed E-state index contributed by atoms with van der Waals surface area (Å²) in [4.78, 5) is 12.7. The maximum Gasteiger partial charge on any atom is 0.258 e. The van der Waals surface area contributed by atoms with E-state index in [1.54, 1.807) is 24.3 Å². The Kier molecular flexibility index (Phi) is 5.11. The number of anilines is 1. The molecule has 0 unspecified atom stereocenters. The van der Waals surface area contributed by atoms with Crippen LogP contribution in [0.15, 0.2) is 54.6 Å². The highest BCUT2D eigenvalue weighted by Gasteiger charge is 2.21. The summed E-state index contributed by atoms with van der Waals surface area (Å²) in [5.41, 5.74) is 3.74. The van der Waals surface area contributed by atoms with Crippen LogP contribution in [0.1, 0.15) is 32.7 Å². The van der Waals surface area contributed by atoms with Crippen LogP contribution in [0.4, 0.5) is 5.82 Å². The van der Waals surface area contributed by atoms with Crippen LogP contribution in [0.5, 0.6) is 0 Å². The molecule has 1 aromatic heterocycles. The van der Waals surface area contributed by atoms with Crippen LogP contribution in [-0.2, 0) is 6.54 Å². The number of nitriles is 1. The number of benzene rings is 2. The van der Waals surface area contributed by atoms with Gasteiger partial charge in [0.2, 0.25) is 0 Å². The van der Waals surface area contributed by atoms with E-state index in [-0.39, 0.29) is 5.91 Å². The lowest BCUT2D eigenvalue weighted by Gasteiger charge is -2.14. The third-order valence-corrected chi connectivity index (χ3v) is 4.80. The second kappa shape index (κ2) is 7.47. The molecule has 1 heterocycles. The molecule has 0 saturated carbocycles. The highest BCUT2D eigenvalue weighted by Crippen LogP contribution is 2.28. The summed E-state index contributed by atoms with van der Waals surface area (Å²) in [5.74, 6) is 0.162. The lowest BCUT2D eigenvalue weighted by Crippen LogP contribution is -2.17. The largest absolute Gasteiger partial charge is 0.326 e. The minimum atomic E-state index is -0.334. The van der Waals surface area contributed by atoms with E-state index in [1.165, 1.54) is 0 Å². The molecule has 1 N–H and O–H groups in total. The monoisotopic (exact) mass is 363 g/mol. The molecule has 1 amide bonds. The van der Waals surface area contributed by atoms with Crippen molar-refractivity contribution < 1.29 is 4.79 Å². The fraction of sp³-hybridized carbons (Fsp3) is 0.143. The molecule has 2 aromatic carbocycles. The zero-order chi connectivity index (χ0) is 18.7. The van der Waals surface area contributed by atoms with Gasteiger partial charge in [-0.3, -0.25) is 4.79 Å². The lowest BCUT2D eigenvalue weighted by atomic mass is 10.1. The van der Waals surface area contributed by atoms with E-state index in [0.29, 0.717) is 28.5 Å². The molecule has 0 aliphatic heterocycles. The van der Waals surface area contributed by atoms with Crippen LogP contribution < -0.4 is 5.32 Å². The number of aromatic nitrogens is 1. The third-order valence-electron chi connectivity index (χ3n) is 4.48. The van der Waals surface area contributed by atoms with Gasteiger partial charge >= 0.3 is 0 Å². The average molecular weight is 364 g/mol. The molecule has 0 spiro atoms. The minimum Gasteiger partial charge on any atom is -0.326 e. The van der Waals surface area contributed by atoms with Gasteiger partial charge in [0.25, 0.3) is 5.91 Å². The summed E-state index contributed by atoms with van der Waals surface area (Å²) in [5, 5.41) is 12.9. The van der Waals surface area contributed by atoms with E-state index in [2.05, 4.69) is 11.4 Å². The van der Waals surface area contributed by atoms with Crippen LogP contribution in [0.2, 0.25) is 5.02 Å². The molecule has 3 aromatic rings. The number of nitrogens with zero attached hydrogens (tertiary/aromatic N) is 2. The fourth-order valence-corrected chi connectivity index (χ4v) is 3.14. The van der Waals surface area contributed by atoms with Crippen molar-refractivity contribution in [1.82, 2.24) is 4.57 Å². The second-order valence-corrected chi connectivity index (χ2v) is 6.46. The summed E-state index contributed by atoms with van der Waals surface area (Å²) in [7, 11) is 0. The first-order valence-electron chi connectivity index (χ1n) is 8.22. The number of rotatable bonds is 4. The molecule has 0 aliphatic rings. The van der Waals surface area contributed by atoms with E-state index in [0.717, 1.165) is 16.8 Å². The number of carbonyl (C=O) groups excluding carboxylic acids is 1. The quantitative estimate of drug-likeness (QED) is 0.714. The van der Waals surface area contributed by atoms with Crippen molar-refractivity contribution in [3.8, 4) is 6.07 Å². The van der Waals surface area contributed by atoms with Crippen LogP contribution in [-0.4, -0.2) is 10.5 Å². The zero-order valence-electron chi connectivity index (χ0n) is 14.6. The van der Waals surface area contributed by atoms with Crippen LogP contribution >= 0.6 is 11.6 Å². The molecule has 0 radical (unpaired) electrons. The summed E-state index contributed by atoms with van der Waals surface area (Å²) in [6.45, 7) is 4.40. The minimum absolute atomic E-state index is 0.334. The smallest absolute Gasteiger partial charge is 0.258 e. The van der Waals surface area contributed by atoms with Crippen molar-refractivity contribution in [2.45, 2.75) is 20.4 Å². The lowest BCUT2D eigenvalue weighted by molar-refractivity contribution is 0.102. The van der Waals surface area contributed by atoms with Gasteiger partial charge < -0.3 is 9.88 Å². The van der Waals surface area contributed by atoms with Crippen molar-refractivity contribution in [3.63, 3.8) is 0 Å². The molecular weight excluding hydrogens is 346 g/mol. The Hall–Kier alpha value is -3.03. The molecule has 4 nitrogen and oxygen atoms in total. The third kappa shape index (κ3) is 3.35. The zero-order valence-corrected chi connectivity index (χ0v) is 15.3. The first kappa shape index (κ1) is 17.8. The Morgan fingerprint density at radius 3 is 2.42 bits per heavy atom. The van der Waals surface area contributed by atoms with Crippen molar-refractivity contribution in [1.29, 1.82) is 5.26 Å². The van der Waals surface area contributed by atoms with Gasteiger partial charge in [0.15, 0.2) is 0 Å². The molecule has 0 bridgehead atoms. The van der Waals surface area contributed by atoms with Crippen molar-refractivity contribution >= 4 is 23.3 Å². The van der Waals surface area contributed by atoms with E-state index >= 15 is 0 Å². The van der Waals surface area contributed by atoms with E-state index in [4.69, 9.17) is 11.6 Å². The first-order chi connectivity index (χ1) is 12.5. The van der Waals surface area contributed by atoms with Gasteiger partial charge in [0.1, 0.15) is 11.9 Å². The number of nitrogens with one attached hydrogen (secondary N) is 1. The molecule has 0 fully saturated rings. The number of hydrogen-bond donors (Lipinski definition) is 1. The maximum atomic E-state index is 12.7. The number of carbonyl (C=O) groups is 1. The summed E-state index contributed by atoms with van der Waals surface area (Å²) >= 11 is 6.13. The highest BCUT2D eigenvalue weighted by atomic mass is 35.5. The van der Waals surface area contributed by atoms with Crippen molar-refractivity contribution in [3.05, 3.63) is 87.6 Å². The van der Waals surface area contributed by atoms with Gasteiger partial charge in [0.05, 0.1) is 16.1 Å². The highest BCUT2D eigenvalue weighted by molar-refractivity contribution is 6.34. The van der Waals surface area contributed by atoms with E-state index < -0.39 is 0 Å². The summed E-state index contributed by atoms with van der Waals surface area (Å²) < 4.78 is 1.96. The van der Waals surface area contributed by atoms with Gasteiger partial charge in [-0.1, -0.05) is 54.1 Å². The Balaban J connectivity index is 2.03. The fourth-order valence-electron chi connectivity index (χ4n) is 2.91. The molecule has 0 saturated heterocycles. The second-order valence-electron chi connectivity index (χ2n) is 6.05. The molecule has 3 rings (SSSR count). The predicted molar refractivity (Wildman–Crippen MR) is 104 cm³/mol. The summed E-state index contributed by atoms with van der Waals surface area (Å²) in [6, 6.07) is 19.0. The average Bonchev–Trinajstić information content (AvgIpc) is 2.87. The van der Waals surface area contributed by atoms with Crippen LogP contribution in [0, 0.1) is 25.2 Å². The van der Waals surface area contributed by atoms with E-state index in [1.807, 2.05) is 48.7 Å². The van der Waals surface area contributed by atoms with Crippen molar-refractivity contribution in [2.24, 2.45) is 0 Å². The molecule has 0 atom stereocenters. The number of amides is 1. The molecule has 26 heavy (non-hydrogen) atoms. The van der Waals surface area contributed by atoms with Crippen LogP contribution in [0.25, 0.3) is 0 Å². The normalized spacial score (nSPS) is 10.4. The van der Waals surface area contributed by atoms with Crippen molar-refractivity contribution in [2.75, 3.05) is 5.32 Å². The number of halogens is 1. The molecule has 0 aliphatic carbocycles. The Bertz CT molecular complexity index is 1000. The Labute approximate surface area is 157 Å². The summed E-state index contributed by atoms with van der Waals surface area (Å²) in [6.07, 6.45) is 0. The molecular formula is C21H18ClN3O. The van der Waals surface area contributed by atoms with Gasteiger partial charge in [-0.15, -0.1) is 0 Å². The molecule has 5 heteroatoms. The topological polar surface area (TPSA) is 57.8 Å². The van der Waals surface area contributed by atoms with Gasteiger partial charge in [-0.05, 0) is 37.1 Å². The SMILES string of the molecule is Cc1c(C#N)c(NC(=O)c2ccccc2Cl)n(Cc2ccccc2)c1C. The van der Waals surface area contributed by atoms with Gasteiger partial charge in [0, 0.05) is 12.2 Å². The Morgan fingerprint density at radius 1 is 1.12 bits per heavy atom. The first-order valence-corrected chi connectivity index (χ1v) is 8.60. The maximum absolute atomic E-state index is 12.7. The van der Waals surface area contributed by atoms with Gasteiger partial charge in [-0.2, -0.15) is 5.26 Å². The Morgan fingerprint density at radius 2 is 1.77 bits per heavy atom. The standard InChI is InChI=1S/C21H18ClN3O/c1-14-15(2)25(13-16-8-4-3-5-9-16)20(18(14)12-23)24-21(26)17-10-6-7-11-19(17)22/h3-11H,13H2,1-2H3,(H,24,26). The van der Waals surface area contributed by atoms with E-state index in [9.17, 15) is 10.1 Å². The number of hydrogen-bond acceptors (Lipinski definition) is 2. The van der Waals surface area contributed by atoms with Gasteiger partial charge in [-0.25, -0.2) is 0 Å². The predicted octanol–water partition coefficient (Wildman–Crippen LogP) is 4.93. The van der Waals surface area contributed by atoms with Crippen LogP contribution in [0.3, 0.4) is 0 Å².